The molecule has 9 heteroatoms. The van der Waals surface area contributed by atoms with E-state index in [2.05, 4.69) is 9.82 Å². The van der Waals surface area contributed by atoms with Crippen molar-refractivity contribution < 1.29 is 12.8 Å². The van der Waals surface area contributed by atoms with E-state index < -0.39 is 10.0 Å². The molecule has 120 valence electrons. The summed E-state index contributed by atoms with van der Waals surface area (Å²) < 4.78 is 41.3. The van der Waals surface area contributed by atoms with Crippen LogP contribution in [-0.2, 0) is 16.6 Å². The van der Waals surface area contributed by atoms with Gasteiger partial charge in [0.2, 0.25) is 0 Å². The molecular weight excluding hydrogens is 361 g/mol. The van der Waals surface area contributed by atoms with Gasteiger partial charge in [0.15, 0.2) is 5.82 Å². The molecule has 2 heterocycles. The summed E-state index contributed by atoms with van der Waals surface area (Å²) in [7, 11) is -3.70. The number of benzene rings is 1. The van der Waals surface area contributed by atoms with Crippen molar-refractivity contribution in [3.8, 4) is 0 Å². The molecule has 0 aliphatic carbocycles. The molecule has 0 fully saturated rings. The highest BCUT2D eigenvalue weighted by atomic mass is 35.5. The van der Waals surface area contributed by atoms with Crippen LogP contribution in [0, 0.1) is 5.82 Å². The Labute approximate surface area is 141 Å². The summed E-state index contributed by atoms with van der Waals surface area (Å²) in [5, 5.41) is 5.99. The number of hydrogen-bond donors (Lipinski definition) is 1. The van der Waals surface area contributed by atoms with Gasteiger partial charge in [0.25, 0.3) is 10.0 Å². The lowest BCUT2D eigenvalue weighted by atomic mass is 10.2. The molecule has 3 rings (SSSR count). The van der Waals surface area contributed by atoms with Gasteiger partial charge in [-0.2, -0.15) is 5.10 Å². The number of halogens is 2. The molecule has 23 heavy (non-hydrogen) atoms. The maximum Gasteiger partial charge on any atom is 0.272 e. The molecule has 0 spiro atoms. The van der Waals surface area contributed by atoms with Crippen molar-refractivity contribution in [3.05, 3.63) is 64.4 Å². The Morgan fingerprint density at radius 1 is 1.26 bits per heavy atom. The fourth-order valence-corrected chi connectivity index (χ4v) is 4.18. The summed E-state index contributed by atoms with van der Waals surface area (Å²) in [4.78, 5) is 0. The van der Waals surface area contributed by atoms with Crippen LogP contribution in [0.4, 0.5) is 10.2 Å². The number of thiophene rings is 1. The fourth-order valence-electron chi connectivity index (χ4n) is 1.92. The predicted molar refractivity (Wildman–Crippen MR) is 87.9 cm³/mol. The normalized spacial score (nSPS) is 11.6. The van der Waals surface area contributed by atoms with E-state index in [-0.39, 0.29) is 20.9 Å². The Morgan fingerprint density at radius 2 is 2.00 bits per heavy atom. The lowest BCUT2D eigenvalue weighted by Crippen LogP contribution is -2.12. The molecule has 0 bridgehead atoms. The van der Waals surface area contributed by atoms with E-state index in [4.69, 9.17) is 11.6 Å². The van der Waals surface area contributed by atoms with Crippen molar-refractivity contribution in [1.82, 2.24) is 9.78 Å². The Bertz CT molecular complexity index is 906. The zero-order chi connectivity index (χ0) is 16.4. The largest absolute Gasteiger partial charge is 0.272 e. The van der Waals surface area contributed by atoms with E-state index in [0.29, 0.717) is 6.54 Å². The fraction of sp³-hybridized carbons (Fsp3) is 0.0714. The third kappa shape index (κ3) is 3.72. The summed E-state index contributed by atoms with van der Waals surface area (Å²) in [6.45, 7) is 0.348. The lowest BCUT2D eigenvalue weighted by Gasteiger charge is -2.04. The SMILES string of the molecule is O=S(=O)(Nc1nn(Cc2ccc(F)cc2)cc1Cl)c1cccs1. The molecule has 0 aliphatic heterocycles. The van der Waals surface area contributed by atoms with Gasteiger partial charge in [-0.25, -0.2) is 12.8 Å². The summed E-state index contributed by atoms with van der Waals surface area (Å²) in [6.07, 6.45) is 1.51. The minimum absolute atomic E-state index is 0.0576. The van der Waals surface area contributed by atoms with E-state index in [1.54, 1.807) is 23.6 Å². The number of anilines is 1. The van der Waals surface area contributed by atoms with Crippen LogP contribution in [0.2, 0.25) is 5.02 Å². The molecule has 0 unspecified atom stereocenters. The highest BCUT2D eigenvalue weighted by Gasteiger charge is 2.19. The number of nitrogens with one attached hydrogen (secondary N) is 1. The van der Waals surface area contributed by atoms with Crippen LogP contribution < -0.4 is 4.72 Å². The Kier molecular flexibility index (Phi) is 4.38. The zero-order valence-corrected chi connectivity index (χ0v) is 14.0. The monoisotopic (exact) mass is 371 g/mol. The van der Waals surface area contributed by atoms with Crippen LogP contribution >= 0.6 is 22.9 Å². The number of aromatic nitrogens is 2. The molecule has 0 amide bonds. The van der Waals surface area contributed by atoms with Crippen LogP contribution in [0.25, 0.3) is 0 Å². The maximum atomic E-state index is 12.9. The number of rotatable bonds is 5. The van der Waals surface area contributed by atoms with E-state index in [0.717, 1.165) is 16.9 Å². The molecule has 0 radical (unpaired) electrons. The molecule has 1 aromatic carbocycles. The number of sulfonamides is 1. The van der Waals surface area contributed by atoms with Gasteiger partial charge in [-0.3, -0.25) is 9.40 Å². The first kappa shape index (κ1) is 16.0. The van der Waals surface area contributed by atoms with Crippen molar-refractivity contribution in [1.29, 1.82) is 0 Å². The Balaban J connectivity index is 1.80. The number of nitrogens with zero attached hydrogens (tertiary/aromatic N) is 2. The first-order chi connectivity index (χ1) is 10.9. The number of hydrogen-bond acceptors (Lipinski definition) is 4. The smallest absolute Gasteiger partial charge is 0.265 e. The first-order valence-electron chi connectivity index (χ1n) is 6.48. The summed E-state index contributed by atoms with van der Waals surface area (Å²) >= 11 is 7.14. The average Bonchev–Trinajstić information content (AvgIpc) is 3.13. The van der Waals surface area contributed by atoms with Gasteiger partial charge in [0.1, 0.15) is 15.0 Å². The van der Waals surface area contributed by atoms with Crippen molar-refractivity contribution in [2.45, 2.75) is 10.8 Å². The highest BCUT2D eigenvalue weighted by molar-refractivity contribution is 7.94. The highest BCUT2D eigenvalue weighted by Crippen LogP contribution is 2.25. The van der Waals surface area contributed by atoms with Gasteiger partial charge in [-0.05, 0) is 29.1 Å². The molecular formula is C14H11ClFN3O2S2. The minimum Gasteiger partial charge on any atom is -0.265 e. The van der Waals surface area contributed by atoms with Gasteiger partial charge in [0.05, 0.1) is 6.54 Å². The molecule has 2 aromatic heterocycles. The maximum absolute atomic E-state index is 12.9. The third-order valence-corrected chi connectivity index (χ3v) is 5.98. The van der Waals surface area contributed by atoms with E-state index in [9.17, 15) is 12.8 Å². The molecule has 1 N–H and O–H groups in total. The summed E-state index contributed by atoms with van der Waals surface area (Å²) in [5.41, 5.74) is 0.818. The molecule has 0 aliphatic rings. The Morgan fingerprint density at radius 3 is 2.65 bits per heavy atom. The second-order valence-electron chi connectivity index (χ2n) is 4.69. The standard InChI is InChI=1S/C14H11ClFN3O2S2/c15-12-9-19(8-10-3-5-11(16)6-4-10)17-14(12)18-23(20,21)13-2-1-7-22-13/h1-7,9H,8H2,(H,17,18). The molecule has 3 aromatic rings. The molecule has 0 atom stereocenters. The van der Waals surface area contributed by atoms with Crippen molar-refractivity contribution in [2.75, 3.05) is 4.72 Å². The van der Waals surface area contributed by atoms with Crippen molar-refractivity contribution >= 4 is 38.8 Å². The predicted octanol–water partition coefficient (Wildman–Crippen LogP) is 3.59. The molecule has 5 nitrogen and oxygen atoms in total. The molecule has 0 saturated carbocycles. The van der Waals surface area contributed by atoms with Crippen molar-refractivity contribution in [3.63, 3.8) is 0 Å². The van der Waals surface area contributed by atoms with Crippen LogP contribution in [-0.4, -0.2) is 18.2 Å². The second kappa shape index (κ2) is 6.31. The zero-order valence-electron chi connectivity index (χ0n) is 11.6. The van der Waals surface area contributed by atoms with E-state index in [1.807, 2.05) is 0 Å². The Hall–Kier alpha value is -1.90. The first-order valence-corrected chi connectivity index (χ1v) is 9.22. The van der Waals surface area contributed by atoms with Crippen LogP contribution in [0.15, 0.2) is 52.2 Å². The van der Waals surface area contributed by atoms with E-state index >= 15 is 0 Å². The minimum atomic E-state index is -3.70. The van der Waals surface area contributed by atoms with Gasteiger partial charge in [0, 0.05) is 6.20 Å². The second-order valence-corrected chi connectivity index (χ2v) is 7.95. The van der Waals surface area contributed by atoms with E-state index in [1.165, 1.54) is 29.1 Å². The summed E-state index contributed by atoms with van der Waals surface area (Å²) in [5.74, 6) is -0.265. The topological polar surface area (TPSA) is 64.0 Å². The van der Waals surface area contributed by atoms with Gasteiger partial charge in [-0.15, -0.1) is 11.3 Å². The quantitative estimate of drug-likeness (QED) is 0.745. The van der Waals surface area contributed by atoms with Gasteiger partial charge >= 0.3 is 0 Å². The van der Waals surface area contributed by atoms with Crippen LogP contribution in [0.3, 0.4) is 0 Å². The van der Waals surface area contributed by atoms with Crippen LogP contribution in [0.1, 0.15) is 5.56 Å². The molecule has 0 saturated heterocycles. The van der Waals surface area contributed by atoms with Crippen LogP contribution in [0.5, 0.6) is 0 Å². The third-order valence-electron chi connectivity index (χ3n) is 2.97. The van der Waals surface area contributed by atoms with Gasteiger partial charge < -0.3 is 0 Å². The average molecular weight is 372 g/mol. The summed E-state index contributed by atoms with van der Waals surface area (Å²) in [6, 6.07) is 9.09. The van der Waals surface area contributed by atoms with Crippen molar-refractivity contribution in [2.24, 2.45) is 0 Å². The lowest BCUT2D eigenvalue weighted by molar-refractivity contribution is 0.602. The van der Waals surface area contributed by atoms with Gasteiger partial charge in [-0.1, -0.05) is 29.8 Å².